The third-order valence-electron chi connectivity index (χ3n) is 4.91. The number of ether oxygens (including phenoxy) is 1. The molecular formula is C23H21BrN2O2. The maximum atomic E-state index is 12.5. The number of benzene rings is 3. The molecule has 0 aliphatic carbocycles. The second-order valence-electron chi connectivity index (χ2n) is 7.03. The fourth-order valence-electron chi connectivity index (χ4n) is 3.61. The standard InChI is InChI=1S/C23H21BrN2O2/c1-14-8-10-18(11-9-14)25-23(27)26-20-13-17(24)12-19-21(15(2)28-22(19)20)16-6-4-3-5-7-16/h3-13,15,21H,1-2H3,(H2,25,26,27)/t15-,21+/m1/s1. The van der Waals surface area contributed by atoms with Gasteiger partial charge in [-0.25, -0.2) is 4.79 Å². The van der Waals surface area contributed by atoms with Crippen molar-refractivity contribution in [2.45, 2.75) is 25.9 Å². The first-order chi connectivity index (χ1) is 13.5. The normalized spacial score (nSPS) is 17.5. The summed E-state index contributed by atoms with van der Waals surface area (Å²) in [5, 5.41) is 5.80. The van der Waals surface area contributed by atoms with Crippen LogP contribution < -0.4 is 15.4 Å². The quantitative estimate of drug-likeness (QED) is 0.504. The average Bonchev–Trinajstić information content (AvgIpc) is 3.00. The van der Waals surface area contributed by atoms with Crippen LogP contribution in [0.3, 0.4) is 0 Å². The molecule has 4 nitrogen and oxygen atoms in total. The van der Waals surface area contributed by atoms with Crippen LogP contribution in [0.25, 0.3) is 0 Å². The van der Waals surface area contributed by atoms with Gasteiger partial charge in [-0.3, -0.25) is 0 Å². The Morgan fingerprint density at radius 1 is 1.00 bits per heavy atom. The highest BCUT2D eigenvalue weighted by Crippen LogP contribution is 2.47. The molecule has 0 saturated carbocycles. The molecule has 28 heavy (non-hydrogen) atoms. The largest absolute Gasteiger partial charge is 0.487 e. The number of aryl methyl sites for hydroxylation is 1. The molecule has 0 unspecified atom stereocenters. The number of anilines is 2. The van der Waals surface area contributed by atoms with Gasteiger partial charge >= 0.3 is 6.03 Å². The fraction of sp³-hybridized carbons (Fsp3) is 0.174. The summed E-state index contributed by atoms with van der Waals surface area (Å²) in [4.78, 5) is 12.5. The number of nitrogens with one attached hydrogen (secondary N) is 2. The number of hydrogen-bond donors (Lipinski definition) is 2. The Kier molecular flexibility index (Phi) is 5.09. The van der Waals surface area contributed by atoms with Crippen molar-refractivity contribution < 1.29 is 9.53 Å². The molecule has 0 fully saturated rings. The van der Waals surface area contributed by atoms with Crippen molar-refractivity contribution in [2.75, 3.05) is 10.6 Å². The smallest absolute Gasteiger partial charge is 0.323 e. The zero-order valence-electron chi connectivity index (χ0n) is 15.7. The lowest BCUT2D eigenvalue weighted by Crippen LogP contribution is -2.20. The van der Waals surface area contributed by atoms with Gasteiger partial charge in [0.2, 0.25) is 0 Å². The first kappa shape index (κ1) is 18.6. The lowest BCUT2D eigenvalue weighted by atomic mass is 9.89. The summed E-state index contributed by atoms with van der Waals surface area (Å²) in [6.07, 6.45) is -0.0209. The lowest BCUT2D eigenvalue weighted by Gasteiger charge is -2.15. The molecule has 5 heteroatoms. The van der Waals surface area contributed by atoms with E-state index in [4.69, 9.17) is 4.74 Å². The van der Waals surface area contributed by atoms with Gasteiger partial charge in [0, 0.05) is 21.6 Å². The van der Waals surface area contributed by atoms with E-state index in [1.165, 1.54) is 5.56 Å². The monoisotopic (exact) mass is 436 g/mol. The van der Waals surface area contributed by atoms with Crippen LogP contribution in [0.4, 0.5) is 16.2 Å². The highest BCUT2D eigenvalue weighted by molar-refractivity contribution is 9.10. The van der Waals surface area contributed by atoms with Crippen LogP contribution in [-0.4, -0.2) is 12.1 Å². The summed E-state index contributed by atoms with van der Waals surface area (Å²) in [6, 6.07) is 21.6. The van der Waals surface area contributed by atoms with Gasteiger partial charge in [-0.1, -0.05) is 64.0 Å². The predicted molar refractivity (Wildman–Crippen MR) is 116 cm³/mol. The Morgan fingerprint density at radius 2 is 1.71 bits per heavy atom. The molecule has 3 aromatic rings. The molecule has 1 aliphatic heterocycles. The van der Waals surface area contributed by atoms with Gasteiger partial charge in [0.15, 0.2) is 0 Å². The maximum Gasteiger partial charge on any atom is 0.323 e. The summed E-state index contributed by atoms with van der Waals surface area (Å²) in [6.45, 7) is 4.07. The molecule has 2 amide bonds. The number of fused-ring (bicyclic) bond motifs is 1. The Balaban J connectivity index is 1.61. The van der Waals surface area contributed by atoms with Crippen molar-refractivity contribution in [1.29, 1.82) is 0 Å². The van der Waals surface area contributed by atoms with Gasteiger partial charge in [0.25, 0.3) is 0 Å². The van der Waals surface area contributed by atoms with Crippen molar-refractivity contribution in [3.8, 4) is 5.75 Å². The van der Waals surface area contributed by atoms with E-state index >= 15 is 0 Å². The second-order valence-corrected chi connectivity index (χ2v) is 7.94. The minimum Gasteiger partial charge on any atom is -0.487 e. The fourth-order valence-corrected chi connectivity index (χ4v) is 4.08. The maximum absolute atomic E-state index is 12.5. The molecule has 2 N–H and O–H groups in total. The number of carbonyl (C=O) groups is 1. The van der Waals surface area contributed by atoms with Crippen molar-refractivity contribution in [3.63, 3.8) is 0 Å². The van der Waals surface area contributed by atoms with Crippen LogP contribution in [0.5, 0.6) is 5.75 Å². The van der Waals surface area contributed by atoms with E-state index in [2.05, 4.69) is 51.7 Å². The molecule has 0 spiro atoms. The van der Waals surface area contributed by atoms with Crippen LogP contribution in [0.15, 0.2) is 71.2 Å². The molecule has 2 atom stereocenters. The van der Waals surface area contributed by atoms with E-state index in [1.807, 2.05) is 55.5 Å². The Morgan fingerprint density at radius 3 is 2.43 bits per heavy atom. The first-order valence-corrected chi connectivity index (χ1v) is 10.0. The molecule has 0 bridgehead atoms. The van der Waals surface area contributed by atoms with Crippen molar-refractivity contribution >= 4 is 33.3 Å². The molecule has 0 aromatic heterocycles. The number of urea groups is 1. The predicted octanol–water partition coefficient (Wildman–Crippen LogP) is 6.31. The first-order valence-electron chi connectivity index (χ1n) is 9.21. The SMILES string of the molecule is Cc1ccc(NC(=O)Nc2cc(Br)cc3c2O[C@H](C)[C@H]3c2ccccc2)cc1. The zero-order chi connectivity index (χ0) is 19.7. The summed E-state index contributed by atoms with van der Waals surface area (Å²) < 4.78 is 7.06. The van der Waals surface area contributed by atoms with Crippen molar-refractivity contribution in [1.82, 2.24) is 0 Å². The highest BCUT2D eigenvalue weighted by Gasteiger charge is 2.35. The summed E-state index contributed by atoms with van der Waals surface area (Å²) >= 11 is 3.57. The molecule has 1 heterocycles. The van der Waals surface area contributed by atoms with E-state index in [-0.39, 0.29) is 18.1 Å². The average molecular weight is 437 g/mol. The molecule has 0 radical (unpaired) electrons. The van der Waals surface area contributed by atoms with Crippen molar-refractivity contribution in [2.24, 2.45) is 0 Å². The Labute approximate surface area is 173 Å². The van der Waals surface area contributed by atoms with Crippen LogP contribution in [-0.2, 0) is 0 Å². The molecule has 142 valence electrons. The highest BCUT2D eigenvalue weighted by atomic mass is 79.9. The van der Waals surface area contributed by atoms with Gasteiger partial charge < -0.3 is 15.4 Å². The molecule has 4 rings (SSSR count). The van der Waals surface area contributed by atoms with E-state index in [1.54, 1.807) is 0 Å². The summed E-state index contributed by atoms with van der Waals surface area (Å²) in [5.41, 5.74) is 4.80. The zero-order valence-corrected chi connectivity index (χ0v) is 17.3. The van der Waals surface area contributed by atoms with E-state index in [0.717, 1.165) is 27.0 Å². The summed E-state index contributed by atoms with van der Waals surface area (Å²) in [5.74, 6) is 0.845. The van der Waals surface area contributed by atoms with Crippen LogP contribution in [0, 0.1) is 6.92 Å². The third kappa shape index (κ3) is 3.76. The number of carbonyl (C=O) groups excluding carboxylic acids is 1. The molecule has 0 saturated heterocycles. The van der Waals surface area contributed by atoms with Gasteiger partial charge in [-0.05, 0) is 43.7 Å². The molecular weight excluding hydrogens is 416 g/mol. The number of halogens is 1. The summed E-state index contributed by atoms with van der Waals surface area (Å²) in [7, 11) is 0. The van der Waals surface area contributed by atoms with Crippen LogP contribution in [0.1, 0.15) is 29.5 Å². The van der Waals surface area contributed by atoms with Gasteiger partial charge in [-0.15, -0.1) is 0 Å². The Hall–Kier alpha value is -2.79. The van der Waals surface area contributed by atoms with Gasteiger partial charge in [0.05, 0.1) is 5.69 Å². The number of rotatable bonds is 3. The lowest BCUT2D eigenvalue weighted by molar-refractivity contribution is 0.239. The molecule has 3 aromatic carbocycles. The van der Waals surface area contributed by atoms with E-state index in [9.17, 15) is 4.79 Å². The van der Waals surface area contributed by atoms with Crippen molar-refractivity contribution in [3.05, 3.63) is 87.9 Å². The van der Waals surface area contributed by atoms with Crippen LogP contribution in [0.2, 0.25) is 0 Å². The number of amides is 2. The third-order valence-corrected chi connectivity index (χ3v) is 5.36. The topological polar surface area (TPSA) is 50.4 Å². The van der Waals surface area contributed by atoms with Gasteiger partial charge in [0.1, 0.15) is 11.9 Å². The molecule has 1 aliphatic rings. The number of hydrogen-bond acceptors (Lipinski definition) is 2. The minimum absolute atomic E-state index is 0.0209. The van der Waals surface area contributed by atoms with Gasteiger partial charge in [-0.2, -0.15) is 0 Å². The second kappa shape index (κ2) is 7.68. The minimum atomic E-state index is -0.302. The van der Waals surface area contributed by atoms with Crippen LogP contribution >= 0.6 is 15.9 Å². The van der Waals surface area contributed by atoms with E-state index < -0.39 is 0 Å². The Bertz CT molecular complexity index is 1000. The van der Waals surface area contributed by atoms with E-state index in [0.29, 0.717) is 5.69 Å².